The van der Waals surface area contributed by atoms with Crippen LogP contribution in [0.25, 0.3) is 6.08 Å². The van der Waals surface area contributed by atoms with Crippen molar-refractivity contribution >= 4 is 6.08 Å². The Morgan fingerprint density at radius 2 is 2.24 bits per heavy atom. The van der Waals surface area contributed by atoms with Crippen molar-refractivity contribution in [3.05, 3.63) is 40.7 Å². The van der Waals surface area contributed by atoms with E-state index in [4.69, 9.17) is 0 Å². The van der Waals surface area contributed by atoms with Gasteiger partial charge in [0.25, 0.3) is 0 Å². The molecule has 1 N–H and O–H groups in total. The molecule has 1 aromatic carbocycles. The predicted octanol–water partition coefficient (Wildman–Crippen LogP) is 3.68. The van der Waals surface area contributed by atoms with Crippen molar-refractivity contribution in [3.8, 4) is 0 Å². The Hall–Kier alpha value is -1.15. The summed E-state index contributed by atoms with van der Waals surface area (Å²) in [5.41, 5.74) is 3.00. The summed E-state index contributed by atoms with van der Waals surface area (Å²) in [7, 11) is 0. The molecule has 92 valence electrons. The summed E-state index contributed by atoms with van der Waals surface area (Å²) >= 11 is 0. The van der Waals surface area contributed by atoms with Gasteiger partial charge in [-0.3, -0.25) is 0 Å². The Bertz CT molecular complexity index is 419. The first-order valence-corrected chi connectivity index (χ1v) is 6.38. The van der Waals surface area contributed by atoms with E-state index in [0.29, 0.717) is 5.56 Å². The smallest absolute Gasteiger partial charge is 0.126 e. The van der Waals surface area contributed by atoms with E-state index in [2.05, 4.69) is 18.3 Å². The normalized spacial score (nSPS) is 16.3. The summed E-state index contributed by atoms with van der Waals surface area (Å²) in [4.78, 5) is 0. The van der Waals surface area contributed by atoms with Crippen LogP contribution in [0, 0.1) is 12.7 Å². The quantitative estimate of drug-likeness (QED) is 0.818. The molecule has 1 aliphatic rings. The van der Waals surface area contributed by atoms with Crippen molar-refractivity contribution in [1.29, 1.82) is 0 Å². The molecule has 0 amide bonds. The molecular formula is C15H20FN. The zero-order valence-electron chi connectivity index (χ0n) is 10.6. The van der Waals surface area contributed by atoms with Gasteiger partial charge in [-0.25, -0.2) is 4.39 Å². The third-order valence-electron chi connectivity index (χ3n) is 3.22. The summed E-state index contributed by atoms with van der Waals surface area (Å²) in [5, 5.41) is 3.49. The van der Waals surface area contributed by atoms with E-state index in [9.17, 15) is 4.39 Å². The highest BCUT2D eigenvalue weighted by Crippen LogP contribution is 2.20. The molecule has 0 unspecified atom stereocenters. The van der Waals surface area contributed by atoms with Gasteiger partial charge in [0.2, 0.25) is 0 Å². The highest BCUT2D eigenvalue weighted by atomic mass is 19.1. The highest BCUT2D eigenvalue weighted by molar-refractivity contribution is 5.53. The second-order valence-corrected chi connectivity index (χ2v) is 4.82. The van der Waals surface area contributed by atoms with Gasteiger partial charge >= 0.3 is 0 Å². The standard InChI is InChI=1S/C15H20FN/c1-3-12(10-17-14-6-7-14)8-13-5-4-11(2)15(16)9-13/h4-5,8-9,14,17H,3,6-7,10H2,1-2H3. The minimum atomic E-state index is -0.121. The average Bonchev–Trinajstić information content (AvgIpc) is 3.13. The van der Waals surface area contributed by atoms with Crippen molar-refractivity contribution in [2.24, 2.45) is 0 Å². The monoisotopic (exact) mass is 233 g/mol. The van der Waals surface area contributed by atoms with Crippen LogP contribution < -0.4 is 5.32 Å². The zero-order valence-corrected chi connectivity index (χ0v) is 10.6. The second kappa shape index (κ2) is 5.46. The topological polar surface area (TPSA) is 12.0 Å². The van der Waals surface area contributed by atoms with E-state index in [-0.39, 0.29) is 5.82 Å². The lowest BCUT2D eigenvalue weighted by Gasteiger charge is -2.07. The molecule has 2 rings (SSSR count). The van der Waals surface area contributed by atoms with Crippen molar-refractivity contribution in [1.82, 2.24) is 5.32 Å². The molecule has 0 atom stereocenters. The first kappa shape index (κ1) is 12.3. The average molecular weight is 233 g/mol. The maximum absolute atomic E-state index is 13.4. The molecule has 1 nitrogen and oxygen atoms in total. The van der Waals surface area contributed by atoms with E-state index in [0.717, 1.165) is 24.6 Å². The molecule has 0 saturated heterocycles. The minimum absolute atomic E-state index is 0.121. The van der Waals surface area contributed by atoms with Gasteiger partial charge in [-0.2, -0.15) is 0 Å². The molecule has 1 fully saturated rings. The molecule has 0 aliphatic heterocycles. The van der Waals surface area contributed by atoms with Crippen LogP contribution in [0.3, 0.4) is 0 Å². The fraction of sp³-hybridized carbons (Fsp3) is 0.467. The molecule has 1 aliphatic carbocycles. The van der Waals surface area contributed by atoms with E-state index in [1.54, 1.807) is 13.0 Å². The van der Waals surface area contributed by atoms with Gasteiger partial charge in [0, 0.05) is 12.6 Å². The fourth-order valence-electron chi connectivity index (χ4n) is 1.78. The molecule has 17 heavy (non-hydrogen) atoms. The third-order valence-corrected chi connectivity index (χ3v) is 3.22. The Balaban J connectivity index is 2.04. The predicted molar refractivity (Wildman–Crippen MR) is 70.4 cm³/mol. The molecule has 1 aromatic rings. The fourth-order valence-corrected chi connectivity index (χ4v) is 1.78. The Kier molecular flexibility index (Phi) is 3.95. The largest absolute Gasteiger partial charge is 0.310 e. The van der Waals surface area contributed by atoms with Crippen LogP contribution in [-0.2, 0) is 0 Å². The first-order valence-electron chi connectivity index (χ1n) is 6.38. The maximum Gasteiger partial charge on any atom is 0.126 e. The van der Waals surface area contributed by atoms with Gasteiger partial charge in [0.15, 0.2) is 0 Å². The lowest BCUT2D eigenvalue weighted by molar-refractivity contribution is 0.618. The van der Waals surface area contributed by atoms with Crippen molar-refractivity contribution < 1.29 is 4.39 Å². The molecule has 0 spiro atoms. The Labute approximate surface area is 103 Å². The van der Waals surface area contributed by atoms with Crippen LogP contribution >= 0.6 is 0 Å². The summed E-state index contributed by atoms with van der Waals surface area (Å²) in [6, 6.07) is 6.15. The number of hydrogen-bond donors (Lipinski definition) is 1. The van der Waals surface area contributed by atoms with E-state index in [1.807, 2.05) is 12.1 Å². The number of hydrogen-bond acceptors (Lipinski definition) is 1. The van der Waals surface area contributed by atoms with Gasteiger partial charge in [-0.05, 0) is 43.4 Å². The minimum Gasteiger partial charge on any atom is -0.310 e. The van der Waals surface area contributed by atoms with Crippen LogP contribution in [-0.4, -0.2) is 12.6 Å². The van der Waals surface area contributed by atoms with Gasteiger partial charge in [0.05, 0.1) is 0 Å². The van der Waals surface area contributed by atoms with Gasteiger partial charge in [-0.15, -0.1) is 0 Å². The van der Waals surface area contributed by atoms with Crippen LogP contribution in [0.15, 0.2) is 23.8 Å². The summed E-state index contributed by atoms with van der Waals surface area (Å²) in [6.07, 6.45) is 5.71. The van der Waals surface area contributed by atoms with Crippen LogP contribution in [0.2, 0.25) is 0 Å². The van der Waals surface area contributed by atoms with Crippen molar-refractivity contribution in [2.45, 2.75) is 39.2 Å². The number of benzene rings is 1. The molecule has 0 radical (unpaired) electrons. The SMILES string of the molecule is CCC(=Cc1ccc(C)c(F)c1)CNC1CC1. The van der Waals surface area contributed by atoms with Crippen LogP contribution in [0.5, 0.6) is 0 Å². The Morgan fingerprint density at radius 1 is 1.47 bits per heavy atom. The van der Waals surface area contributed by atoms with E-state index >= 15 is 0 Å². The molecule has 1 saturated carbocycles. The number of halogens is 1. The molecule has 2 heteroatoms. The summed E-state index contributed by atoms with van der Waals surface area (Å²) in [5.74, 6) is -0.121. The van der Waals surface area contributed by atoms with Gasteiger partial charge in [-0.1, -0.05) is 30.7 Å². The van der Waals surface area contributed by atoms with Crippen molar-refractivity contribution in [3.63, 3.8) is 0 Å². The van der Waals surface area contributed by atoms with Gasteiger partial charge < -0.3 is 5.32 Å². The number of rotatable bonds is 5. The summed E-state index contributed by atoms with van der Waals surface area (Å²) < 4.78 is 13.4. The lowest BCUT2D eigenvalue weighted by atomic mass is 10.1. The maximum atomic E-state index is 13.4. The molecule has 0 bridgehead atoms. The molecule has 0 heterocycles. The third kappa shape index (κ3) is 3.67. The molecule has 0 aromatic heterocycles. The molecular weight excluding hydrogens is 213 g/mol. The van der Waals surface area contributed by atoms with E-state index in [1.165, 1.54) is 18.4 Å². The first-order chi connectivity index (χ1) is 8.19. The lowest BCUT2D eigenvalue weighted by Crippen LogP contribution is -2.18. The zero-order chi connectivity index (χ0) is 12.3. The summed E-state index contributed by atoms with van der Waals surface area (Å²) in [6.45, 7) is 4.86. The van der Waals surface area contributed by atoms with Gasteiger partial charge in [0.1, 0.15) is 5.82 Å². The van der Waals surface area contributed by atoms with E-state index < -0.39 is 0 Å². The van der Waals surface area contributed by atoms with Crippen LogP contribution in [0.1, 0.15) is 37.3 Å². The van der Waals surface area contributed by atoms with Crippen LogP contribution in [0.4, 0.5) is 4.39 Å². The highest BCUT2D eigenvalue weighted by Gasteiger charge is 2.19. The Morgan fingerprint density at radius 3 is 2.82 bits per heavy atom. The second-order valence-electron chi connectivity index (χ2n) is 4.82. The van der Waals surface area contributed by atoms with Crippen molar-refractivity contribution in [2.75, 3.05) is 6.54 Å². The number of nitrogens with one attached hydrogen (secondary N) is 1. The number of aryl methyl sites for hydroxylation is 1.